The number of amides is 2. The number of ether oxygens (including phenoxy) is 1. The summed E-state index contributed by atoms with van der Waals surface area (Å²) in [4.78, 5) is 28.2. The smallest absolute Gasteiger partial charge is 0.255 e. The van der Waals surface area contributed by atoms with Gasteiger partial charge in [-0.3, -0.25) is 9.59 Å². The lowest BCUT2D eigenvalue weighted by molar-refractivity contribution is -0.116. The molecule has 30 heavy (non-hydrogen) atoms. The number of hydrogen-bond acceptors (Lipinski definition) is 5. The first-order chi connectivity index (χ1) is 14.5. The first-order valence-corrected chi connectivity index (χ1v) is 9.25. The van der Waals surface area contributed by atoms with Gasteiger partial charge in [-0.15, -0.1) is 0 Å². The minimum absolute atomic E-state index is 0.206. The van der Waals surface area contributed by atoms with Gasteiger partial charge in [0.2, 0.25) is 5.91 Å². The normalized spacial score (nSPS) is 10.6. The Labute approximate surface area is 174 Å². The van der Waals surface area contributed by atoms with Crippen LogP contribution >= 0.6 is 0 Å². The van der Waals surface area contributed by atoms with Crippen molar-refractivity contribution in [2.75, 3.05) is 18.2 Å². The average Bonchev–Trinajstić information content (AvgIpc) is 2.77. The molecule has 1 aromatic heterocycles. The number of benzene rings is 2. The summed E-state index contributed by atoms with van der Waals surface area (Å²) >= 11 is 0. The monoisotopic (exact) mass is 402 g/mol. The Kier molecular flexibility index (Phi) is 6.78. The molecule has 0 aliphatic heterocycles. The van der Waals surface area contributed by atoms with E-state index in [1.807, 2.05) is 24.3 Å². The van der Waals surface area contributed by atoms with Gasteiger partial charge in [-0.1, -0.05) is 24.3 Å². The molecule has 7 heteroatoms. The standard InChI is InChI=1S/C23H22N4O3/c1-30-20-9-4-16(5-10-20)6-11-22(28)26-15-17-2-7-18(8-3-17)23(29)27-19-12-13-25-21(24)14-19/h2-14H,15H2,1H3,(H,26,28)(H3,24,25,27,29). The van der Waals surface area contributed by atoms with Crippen molar-refractivity contribution in [2.24, 2.45) is 0 Å². The Bertz CT molecular complexity index is 1040. The van der Waals surface area contributed by atoms with Crippen LogP contribution in [0.5, 0.6) is 5.75 Å². The lowest BCUT2D eigenvalue weighted by Crippen LogP contribution is -2.20. The molecule has 0 unspecified atom stereocenters. The Morgan fingerprint density at radius 1 is 1.07 bits per heavy atom. The zero-order chi connectivity index (χ0) is 21.3. The van der Waals surface area contributed by atoms with Crippen molar-refractivity contribution in [3.63, 3.8) is 0 Å². The lowest BCUT2D eigenvalue weighted by Gasteiger charge is -2.07. The quantitative estimate of drug-likeness (QED) is 0.526. The summed E-state index contributed by atoms with van der Waals surface area (Å²) < 4.78 is 5.10. The highest BCUT2D eigenvalue weighted by Gasteiger charge is 2.07. The first-order valence-electron chi connectivity index (χ1n) is 9.25. The number of nitrogens with one attached hydrogen (secondary N) is 2. The van der Waals surface area contributed by atoms with Crippen LogP contribution in [0.4, 0.5) is 11.5 Å². The molecule has 2 amide bonds. The van der Waals surface area contributed by atoms with E-state index in [1.54, 1.807) is 49.6 Å². The predicted octanol–water partition coefficient (Wildman–Crippen LogP) is 3.25. The average molecular weight is 402 g/mol. The summed E-state index contributed by atoms with van der Waals surface area (Å²) in [5, 5.41) is 5.58. The van der Waals surface area contributed by atoms with Gasteiger partial charge >= 0.3 is 0 Å². The van der Waals surface area contributed by atoms with Crippen LogP contribution in [0.25, 0.3) is 6.08 Å². The second kappa shape index (κ2) is 9.88. The zero-order valence-corrected chi connectivity index (χ0v) is 16.5. The highest BCUT2D eigenvalue weighted by molar-refractivity contribution is 6.04. The van der Waals surface area contributed by atoms with E-state index < -0.39 is 0 Å². The Morgan fingerprint density at radius 3 is 2.47 bits per heavy atom. The SMILES string of the molecule is COc1ccc(C=CC(=O)NCc2ccc(C(=O)Nc3ccnc(N)c3)cc2)cc1. The molecule has 0 saturated heterocycles. The van der Waals surface area contributed by atoms with E-state index in [4.69, 9.17) is 10.5 Å². The van der Waals surface area contributed by atoms with Crippen molar-refractivity contribution < 1.29 is 14.3 Å². The number of hydrogen-bond donors (Lipinski definition) is 3. The molecule has 0 atom stereocenters. The fourth-order valence-corrected chi connectivity index (χ4v) is 2.64. The molecule has 152 valence electrons. The third-order valence-electron chi connectivity index (χ3n) is 4.26. The molecule has 2 aromatic carbocycles. The van der Waals surface area contributed by atoms with Crippen molar-refractivity contribution in [1.29, 1.82) is 0 Å². The van der Waals surface area contributed by atoms with Crippen molar-refractivity contribution >= 4 is 29.4 Å². The third kappa shape index (κ3) is 5.93. The third-order valence-corrected chi connectivity index (χ3v) is 4.26. The van der Waals surface area contributed by atoms with Gasteiger partial charge in [-0.25, -0.2) is 4.98 Å². The minimum atomic E-state index is -0.251. The molecule has 0 aliphatic carbocycles. The molecule has 7 nitrogen and oxygen atoms in total. The number of nitrogens with zero attached hydrogens (tertiary/aromatic N) is 1. The van der Waals surface area contributed by atoms with Crippen LogP contribution < -0.4 is 21.1 Å². The summed E-state index contributed by atoms with van der Waals surface area (Å²) in [6.07, 6.45) is 4.73. The second-order valence-electron chi connectivity index (χ2n) is 6.44. The van der Waals surface area contributed by atoms with Crippen LogP contribution in [0.1, 0.15) is 21.5 Å². The van der Waals surface area contributed by atoms with Gasteiger partial charge in [0, 0.05) is 36.1 Å². The highest BCUT2D eigenvalue weighted by Crippen LogP contribution is 2.13. The molecule has 0 aliphatic rings. The number of methoxy groups -OCH3 is 1. The van der Waals surface area contributed by atoms with Gasteiger partial charge in [0.1, 0.15) is 11.6 Å². The molecule has 0 saturated carbocycles. The maximum Gasteiger partial charge on any atom is 0.255 e. The lowest BCUT2D eigenvalue weighted by atomic mass is 10.1. The van der Waals surface area contributed by atoms with E-state index in [0.717, 1.165) is 16.9 Å². The number of aromatic nitrogens is 1. The molecule has 1 heterocycles. The zero-order valence-electron chi connectivity index (χ0n) is 16.5. The summed E-state index contributed by atoms with van der Waals surface area (Å²) in [7, 11) is 1.61. The van der Waals surface area contributed by atoms with Crippen LogP contribution in [-0.2, 0) is 11.3 Å². The van der Waals surface area contributed by atoms with Gasteiger partial charge in [0.05, 0.1) is 7.11 Å². The highest BCUT2D eigenvalue weighted by atomic mass is 16.5. The summed E-state index contributed by atoms with van der Waals surface area (Å²) in [5.41, 5.74) is 8.47. The van der Waals surface area contributed by atoms with Crippen molar-refractivity contribution in [2.45, 2.75) is 6.54 Å². The van der Waals surface area contributed by atoms with Crippen LogP contribution in [-0.4, -0.2) is 23.9 Å². The summed E-state index contributed by atoms with van der Waals surface area (Å²) in [5.74, 6) is 0.639. The first kappa shape index (κ1) is 20.6. The molecular formula is C23H22N4O3. The van der Waals surface area contributed by atoms with E-state index in [-0.39, 0.29) is 11.8 Å². The van der Waals surface area contributed by atoms with Gasteiger partial charge in [-0.05, 0) is 47.5 Å². The molecule has 0 spiro atoms. The van der Waals surface area contributed by atoms with Gasteiger partial charge in [0.25, 0.3) is 5.91 Å². The number of nitrogen functional groups attached to an aromatic ring is 1. The minimum Gasteiger partial charge on any atom is -0.497 e. The van der Waals surface area contributed by atoms with E-state index in [2.05, 4.69) is 15.6 Å². The van der Waals surface area contributed by atoms with Crippen LogP contribution in [0.15, 0.2) is 72.9 Å². The van der Waals surface area contributed by atoms with E-state index in [0.29, 0.717) is 23.6 Å². The Balaban J connectivity index is 1.50. The number of nitrogens with two attached hydrogens (primary N) is 1. The van der Waals surface area contributed by atoms with E-state index >= 15 is 0 Å². The second-order valence-corrected chi connectivity index (χ2v) is 6.44. The van der Waals surface area contributed by atoms with E-state index in [1.165, 1.54) is 12.3 Å². The number of pyridine rings is 1. The van der Waals surface area contributed by atoms with Crippen molar-refractivity contribution in [3.05, 3.63) is 89.6 Å². The molecular weight excluding hydrogens is 380 g/mol. The van der Waals surface area contributed by atoms with Crippen LogP contribution in [0.2, 0.25) is 0 Å². The maximum atomic E-state index is 12.3. The van der Waals surface area contributed by atoms with E-state index in [9.17, 15) is 9.59 Å². The Morgan fingerprint density at radius 2 is 1.80 bits per heavy atom. The number of anilines is 2. The molecule has 0 radical (unpaired) electrons. The van der Waals surface area contributed by atoms with Gasteiger partial charge in [-0.2, -0.15) is 0 Å². The van der Waals surface area contributed by atoms with Gasteiger partial charge in [0.15, 0.2) is 0 Å². The summed E-state index contributed by atoms with van der Waals surface area (Å²) in [6, 6.07) is 17.6. The molecule has 0 fully saturated rings. The molecule has 3 aromatic rings. The molecule has 3 rings (SSSR count). The van der Waals surface area contributed by atoms with Gasteiger partial charge < -0.3 is 21.1 Å². The maximum absolute atomic E-state index is 12.3. The Hall–Kier alpha value is -4.13. The fraction of sp³-hybridized carbons (Fsp3) is 0.0870. The fourth-order valence-electron chi connectivity index (χ4n) is 2.64. The number of carbonyl (C=O) groups is 2. The summed E-state index contributed by atoms with van der Waals surface area (Å²) in [6.45, 7) is 0.356. The number of carbonyl (C=O) groups excluding carboxylic acids is 2. The van der Waals surface area contributed by atoms with Crippen molar-refractivity contribution in [1.82, 2.24) is 10.3 Å². The van der Waals surface area contributed by atoms with Crippen molar-refractivity contribution in [3.8, 4) is 5.75 Å². The number of rotatable bonds is 7. The largest absolute Gasteiger partial charge is 0.497 e. The topological polar surface area (TPSA) is 106 Å². The molecule has 4 N–H and O–H groups in total. The molecule has 0 bridgehead atoms. The van der Waals surface area contributed by atoms with Crippen LogP contribution in [0, 0.1) is 0 Å². The predicted molar refractivity (Wildman–Crippen MR) is 117 cm³/mol. The van der Waals surface area contributed by atoms with Crippen LogP contribution in [0.3, 0.4) is 0 Å².